The Hall–Kier alpha value is -3.69. The number of aliphatic hydroxyl groups excluding tert-OH is 1. The van der Waals surface area contributed by atoms with Gasteiger partial charge >= 0.3 is 0 Å². The van der Waals surface area contributed by atoms with Gasteiger partial charge in [-0.25, -0.2) is 8.42 Å². The summed E-state index contributed by atoms with van der Waals surface area (Å²) in [5.74, 6) is -1.06. The SMILES string of the molecule is Cc1ccc(S(=O)(=O)Nc2cc(OCCO)c(N)c3c2C(=O)c2ccccc2C3=O)cc1. The number of nitrogens with two attached hydrogens (primary N) is 1. The van der Waals surface area contributed by atoms with Gasteiger partial charge in [0, 0.05) is 17.2 Å². The van der Waals surface area contributed by atoms with Crippen molar-refractivity contribution >= 4 is 33.0 Å². The molecule has 8 nitrogen and oxygen atoms in total. The molecule has 1 aliphatic carbocycles. The maximum absolute atomic E-state index is 13.3. The van der Waals surface area contributed by atoms with E-state index in [0.29, 0.717) is 0 Å². The highest BCUT2D eigenvalue weighted by molar-refractivity contribution is 7.92. The predicted octanol–water partition coefficient (Wildman–Crippen LogP) is 2.52. The monoisotopic (exact) mass is 452 g/mol. The van der Waals surface area contributed by atoms with Crippen LogP contribution in [0.5, 0.6) is 5.75 Å². The lowest BCUT2D eigenvalue weighted by Gasteiger charge is -2.24. The number of benzene rings is 3. The van der Waals surface area contributed by atoms with Gasteiger partial charge < -0.3 is 15.6 Å². The van der Waals surface area contributed by atoms with Gasteiger partial charge in [0.25, 0.3) is 10.0 Å². The summed E-state index contributed by atoms with van der Waals surface area (Å²) in [6, 6.07) is 13.7. The number of hydrogen-bond donors (Lipinski definition) is 3. The van der Waals surface area contributed by atoms with Crippen LogP contribution in [-0.2, 0) is 10.0 Å². The first-order chi connectivity index (χ1) is 15.2. The molecule has 0 saturated heterocycles. The lowest BCUT2D eigenvalue weighted by molar-refractivity contribution is 0.0980. The van der Waals surface area contributed by atoms with E-state index in [2.05, 4.69) is 4.72 Å². The molecule has 0 amide bonds. The van der Waals surface area contributed by atoms with Crippen LogP contribution in [0, 0.1) is 6.92 Å². The topological polar surface area (TPSA) is 136 Å². The number of hydrogen-bond acceptors (Lipinski definition) is 7. The van der Waals surface area contributed by atoms with Gasteiger partial charge in [0.2, 0.25) is 0 Å². The molecule has 3 aromatic rings. The van der Waals surface area contributed by atoms with E-state index in [4.69, 9.17) is 15.6 Å². The van der Waals surface area contributed by atoms with Gasteiger partial charge in [0.05, 0.1) is 34.0 Å². The second-order valence-electron chi connectivity index (χ2n) is 7.28. The van der Waals surface area contributed by atoms with Crippen LogP contribution in [0.1, 0.15) is 37.4 Å². The molecular formula is C23H20N2O6S. The Labute approximate surface area is 184 Å². The minimum absolute atomic E-state index is 0.0125. The lowest BCUT2D eigenvalue weighted by Crippen LogP contribution is -2.26. The van der Waals surface area contributed by atoms with Crippen LogP contribution in [0.3, 0.4) is 0 Å². The van der Waals surface area contributed by atoms with Gasteiger partial charge in [0.1, 0.15) is 12.4 Å². The Balaban J connectivity index is 1.91. The summed E-state index contributed by atoms with van der Waals surface area (Å²) in [6.07, 6.45) is 0. The van der Waals surface area contributed by atoms with E-state index >= 15 is 0 Å². The molecule has 0 spiro atoms. The zero-order valence-electron chi connectivity index (χ0n) is 17.1. The zero-order valence-corrected chi connectivity index (χ0v) is 17.9. The number of sulfonamides is 1. The second kappa shape index (κ2) is 8.10. The van der Waals surface area contributed by atoms with E-state index in [-0.39, 0.29) is 57.5 Å². The fourth-order valence-electron chi connectivity index (χ4n) is 3.57. The molecule has 3 aromatic carbocycles. The first-order valence-electron chi connectivity index (χ1n) is 9.72. The summed E-state index contributed by atoms with van der Waals surface area (Å²) in [4.78, 5) is 26.5. The molecular weight excluding hydrogens is 432 g/mol. The number of anilines is 2. The van der Waals surface area contributed by atoms with Gasteiger partial charge in [-0.1, -0.05) is 42.0 Å². The highest BCUT2D eigenvalue weighted by Gasteiger charge is 2.36. The van der Waals surface area contributed by atoms with E-state index in [1.54, 1.807) is 24.3 Å². The van der Waals surface area contributed by atoms with E-state index < -0.39 is 21.6 Å². The maximum atomic E-state index is 13.3. The highest BCUT2D eigenvalue weighted by atomic mass is 32.2. The van der Waals surface area contributed by atoms with E-state index in [0.717, 1.165) is 5.56 Å². The highest BCUT2D eigenvalue weighted by Crippen LogP contribution is 2.41. The van der Waals surface area contributed by atoms with Crippen LogP contribution in [0.4, 0.5) is 11.4 Å². The number of fused-ring (bicyclic) bond motifs is 2. The molecule has 0 aliphatic heterocycles. The first kappa shape index (κ1) is 21.5. The molecule has 32 heavy (non-hydrogen) atoms. The molecule has 0 fully saturated rings. The summed E-state index contributed by atoms with van der Waals surface area (Å²) in [7, 11) is -4.09. The Morgan fingerprint density at radius 3 is 2.16 bits per heavy atom. The van der Waals surface area contributed by atoms with E-state index in [1.165, 1.54) is 30.3 Å². The summed E-state index contributed by atoms with van der Waals surface area (Å²) in [5.41, 5.74) is 6.86. The van der Waals surface area contributed by atoms with Crippen LogP contribution in [-0.4, -0.2) is 38.3 Å². The minimum Gasteiger partial charge on any atom is -0.489 e. The molecule has 0 radical (unpaired) electrons. The number of carbonyl (C=O) groups is 2. The average molecular weight is 452 g/mol. The van der Waals surface area contributed by atoms with Crippen LogP contribution < -0.4 is 15.2 Å². The normalized spacial score (nSPS) is 12.8. The zero-order chi connectivity index (χ0) is 23.0. The largest absolute Gasteiger partial charge is 0.489 e. The molecule has 9 heteroatoms. The number of aliphatic hydroxyl groups is 1. The summed E-state index contributed by atoms with van der Waals surface area (Å²) >= 11 is 0. The van der Waals surface area contributed by atoms with Crippen molar-refractivity contribution in [1.29, 1.82) is 0 Å². The van der Waals surface area contributed by atoms with Crippen molar-refractivity contribution in [1.82, 2.24) is 0 Å². The van der Waals surface area contributed by atoms with Crippen molar-refractivity contribution in [3.63, 3.8) is 0 Å². The smallest absolute Gasteiger partial charge is 0.261 e. The number of ketones is 2. The Morgan fingerprint density at radius 2 is 1.56 bits per heavy atom. The number of nitrogens with one attached hydrogen (secondary N) is 1. The van der Waals surface area contributed by atoms with Gasteiger partial charge in [-0.05, 0) is 19.1 Å². The van der Waals surface area contributed by atoms with E-state index in [9.17, 15) is 18.0 Å². The lowest BCUT2D eigenvalue weighted by atomic mass is 9.82. The first-order valence-corrected chi connectivity index (χ1v) is 11.2. The molecule has 0 heterocycles. The van der Waals surface area contributed by atoms with Gasteiger partial charge in [-0.15, -0.1) is 0 Å². The molecule has 0 atom stereocenters. The quantitative estimate of drug-likeness (QED) is 0.383. The van der Waals surface area contributed by atoms with Gasteiger partial charge in [-0.3, -0.25) is 14.3 Å². The Kier molecular flexibility index (Phi) is 5.45. The maximum Gasteiger partial charge on any atom is 0.261 e. The number of ether oxygens (including phenoxy) is 1. The Morgan fingerprint density at radius 1 is 0.969 bits per heavy atom. The molecule has 164 valence electrons. The van der Waals surface area contributed by atoms with Crippen molar-refractivity contribution in [3.8, 4) is 5.75 Å². The molecule has 0 bridgehead atoms. The summed E-state index contributed by atoms with van der Waals surface area (Å²) in [5, 5.41) is 9.11. The molecule has 4 N–H and O–H groups in total. The Bertz CT molecular complexity index is 1350. The van der Waals surface area contributed by atoms with Crippen LogP contribution >= 0.6 is 0 Å². The fraction of sp³-hybridized carbons (Fsp3) is 0.130. The van der Waals surface area contributed by atoms with Crippen LogP contribution in [0.25, 0.3) is 0 Å². The number of carbonyl (C=O) groups excluding carboxylic acids is 2. The molecule has 0 unspecified atom stereocenters. The summed E-state index contributed by atoms with van der Waals surface area (Å²) in [6.45, 7) is 1.37. The standard InChI is InChI=1S/C23H20N2O6S/c1-13-6-8-14(9-7-13)32(29,30)25-17-12-18(31-11-10-26)21(24)20-19(17)22(27)15-4-2-3-5-16(15)23(20)28/h2-9,12,25-26H,10-11,24H2,1H3. The average Bonchev–Trinajstić information content (AvgIpc) is 2.77. The molecule has 4 rings (SSSR count). The third-order valence-electron chi connectivity index (χ3n) is 5.12. The number of nitrogen functional groups attached to an aromatic ring is 1. The van der Waals surface area contributed by atoms with Crippen molar-refractivity contribution < 1.29 is 27.9 Å². The van der Waals surface area contributed by atoms with Crippen molar-refractivity contribution in [2.75, 3.05) is 23.7 Å². The fourth-order valence-corrected chi connectivity index (χ4v) is 4.63. The van der Waals surface area contributed by atoms with Crippen molar-refractivity contribution in [3.05, 3.63) is 82.4 Å². The third kappa shape index (κ3) is 3.61. The predicted molar refractivity (Wildman–Crippen MR) is 119 cm³/mol. The second-order valence-corrected chi connectivity index (χ2v) is 8.96. The van der Waals surface area contributed by atoms with Crippen molar-refractivity contribution in [2.24, 2.45) is 0 Å². The van der Waals surface area contributed by atoms with Gasteiger partial charge in [-0.2, -0.15) is 0 Å². The molecule has 0 aromatic heterocycles. The van der Waals surface area contributed by atoms with Crippen LogP contribution in [0.15, 0.2) is 59.5 Å². The van der Waals surface area contributed by atoms with Crippen molar-refractivity contribution in [2.45, 2.75) is 11.8 Å². The van der Waals surface area contributed by atoms with E-state index in [1.807, 2.05) is 6.92 Å². The van der Waals surface area contributed by atoms with Crippen LogP contribution in [0.2, 0.25) is 0 Å². The summed E-state index contributed by atoms with van der Waals surface area (Å²) < 4.78 is 33.9. The molecule has 0 saturated carbocycles. The minimum atomic E-state index is -4.09. The molecule has 1 aliphatic rings. The third-order valence-corrected chi connectivity index (χ3v) is 6.51. The number of aryl methyl sites for hydroxylation is 1. The van der Waals surface area contributed by atoms with Gasteiger partial charge in [0.15, 0.2) is 11.6 Å². The number of rotatable bonds is 6.